The molecule has 2 aliphatic heterocycles. The van der Waals surface area contributed by atoms with Crippen molar-refractivity contribution < 1.29 is 13.2 Å². The molecule has 0 unspecified atom stereocenters. The van der Waals surface area contributed by atoms with Gasteiger partial charge in [0.1, 0.15) is 0 Å². The minimum absolute atomic E-state index is 0.0335. The Hall–Kier alpha value is -0.840. The van der Waals surface area contributed by atoms with E-state index in [4.69, 9.17) is 11.0 Å². The van der Waals surface area contributed by atoms with Crippen molar-refractivity contribution in [3.63, 3.8) is 0 Å². The molecule has 0 atom stereocenters. The Morgan fingerprint density at radius 1 is 1.52 bits per heavy atom. The van der Waals surface area contributed by atoms with Gasteiger partial charge in [0.2, 0.25) is 0 Å². The average Bonchev–Trinajstić information content (AvgIpc) is 2.91. The first kappa shape index (κ1) is 18.5. The number of hydrogen-bond acceptors (Lipinski definition) is 8. The molecule has 12 heteroatoms. The minimum atomic E-state index is -3.81. The first-order valence-corrected chi connectivity index (χ1v) is 12.0. The van der Waals surface area contributed by atoms with Gasteiger partial charge >= 0.3 is 150 Å². The Labute approximate surface area is 149 Å². The zero-order chi connectivity index (χ0) is 17.0. The summed E-state index contributed by atoms with van der Waals surface area (Å²) >= 11 is -0.887. The standard InChI is InChI=1S/C11H16N6O3S2.In/c1-9(11(13)18)21-7-10(6-15-8-12)22(19,20)16-17-4-2-14-3-5-17;/h6,12,14,16H,1-5H2,(H2,13,18);/q;+1/p-1. The fourth-order valence-electron chi connectivity index (χ4n) is 1.91. The summed E-state index contributed by atoms with van der Waals surface area (Å²) in [6, 6.07) is 0. The Kier molecular flexibility index (Phi) is 6.29. The van der Waals surface area contributed by atoms with Crippen LogP contribution in [0.4, 0.5) is 0 Å². The van der Waals surface area contributed by atoms with Gasteiger partial charge in [-0.3, -0.25) is 0 Å². The topological polar surface area (TPSA) is 132 Å². The zero-order valence-electron chi connectivity index (χ0n) is 12.2. The van der Waals surface area contributed by atoms with Crippen molar-refractivity contribution in [1.29, 1.82) is 5.26 Å². The van der Waals surface area contributed by atoms with Gasteiger partial charge in [0.25, 0.3) is 0 Å². The summed E-state index contributed by atoms with van der Waals surface area (Å²) in [7, 11) is -3.81. The van der Waals surface area contributed by atoms with E-state index in [-0.39, 0.29) is 9.81 Å². The Bertz CT molecular complexity index is 721. The van der Waals surface area contributed by atoms with E-state index in [9.17, 15) is 13.2 Å². The van der Waals surface area contributed by atoms with Gasteiger partial charge in [0, 0.05) is 0 Å². The monoisotopic (exact) mass is 458 g/mol. The number of sulfonamides is 1. The van der Waals surface area contributed by atoms with E-state index in [1.807, 2.05) is 6.19 Å². The molecular weight excluding hydrogens is 443 g/mol. The molecule has 2 rings (SSSR count). The van der Waals surface area contributed by atoms with E-state index >= 15 is 0 Å². The second-order valence-electron chi connectivity index (χ2n) is 4.72. The number of thioether (sulfide) groups is 1. The molecule has 0 radical (unpaired) electrons. The van der Waals surface area contributed by atoms with Crippen LogP contribution in [0.2, 0.25) is 0 Å². The molecule has 122 valence electrons. The van der Waals surface area contributed by atoms with Crippen molar-refractivity contribution in [3.8, 4) is 6.19 Å². The normalized spacial score (nSPS) is 18.7. The van der Waals surface area contributed by atoms with Crippen LogP contribution in [0.25, 0.3) is 0 Å². The van der Waals surface area contributed by atoms with Crippen LogP contribution in [0.1, 0.15) is 0 Å². The predicted octanol–water partition coefficient (Wildman–Crippen LogP) is -2.15. The number of primary amides is 1. The van der Waals surface area contributed by atoms with Crippen molar-refractivity contribution in [2.75, 3.05) is 26.2 Å². The molecule has 4 N–H and O–H groups in total. The fraction of sp³-hybridized carbons (Fsp3) is 0.364. The van der Waals surface area contributed by atoms with Crippen molar-refractivity contribution in [2.45, 2.75) is 0 Å². The molecule has 2 aliphatic rings. The molecule has 23 heavy (non-hydrogen) atoms. The van der Waals surface area contributed by atoms with Crippen LogP contribution in [-0.4, -0.2) is 73.7 Å². The van der Waals surface area contributed by atoms with Gasteiger partial charge in [-0.25, -0.2) is 0 Å². The first-order valence-electron chi connectivity index (χ1n) is 6.60. The van der Waals surface area contributed by atoms with E-state index in [0.29, 0.717) is 28.8 Å². The number of nitrogens with one attached hydrogen (secondary N) is 2. The molecule has 1 saturated heterocycles. The SMILES string of the molecule is C=C(S[C]1=[In][N](C#N)C=C1S(=O)(=O)NN1CCNCC1)C(N)=O. The first-order chi connectivity index (χ1) is 10.8. The quantitative estimate of drug-likeness (QED) is 0.303. The zero-order valence-corrected chi connectivity index (χ0v) is 17.1. The van der Waals surface area contributed by atoms with Crippen LogP contribution in [0.15, 0.2) is 22.6 Å². The third kappa shape index (κ3) is 4.82. The Morgan fingerprint density at radius 3 is 2.74 bits per heavy atom. The summed E-state index contributed by atoms with van der Waals surface area (Å²) in [4.78, 5) is 13.8. The molecule has 0 bridgehead atoms. The summed E-state index contributed by atoms with van der Waals surface area (Å²) in [5.41, 5.74) is 5.16. The van der Waals surface area contributed by atoms with Gasteiger partial charge in [-0.05, 0) is 0 Å². The van der Waals surface area contributed by atoms with Crippen LogP contribution < -0.4 is 15.9 Å². The molecular formula is C11H15InN6O3S2. The average molecular weight is 458 g/mol. The molecule has 9 nitrogen and oxygen atoms in total. The van der Waals surface area contributed by atoms with Crippen molar-refractivity contribution in [1.82, 2.24) is 18.0 Å². The number of carbonyl (C=O) groups is 1. The number of hydrogen-bond donors (Lipinski definition) is 3. The third-order valence-corrected chi connectivity index (χ3v) is 10.9. The number of hydrazine groups is 1. The molecule has 0 aliphatic carbocycles. The molecule has 2 heterocycles. The Morgan fingerprint density at radius 2 is 2.17 bits per heavy atom. The van der Waals surface area contributed by atoms with Crippen molar-refractivity contribution in [3.05, 3.63) is 22.6 Å². The maximum atomic E-state index is 12.6. The molecule has 1 amide bonds. The second kappa shape index (κ2) is 7.82. The van der Waals surface area contributed by atoms with E-state index < -0.39 is 38.6 Å². The van der Waals surface area contributed by atoms with Crippen LogP contribution in [0.5, 0.6) is 0 Å². The van der Waals surface area contributed by atoms with Gasteiger partial charge in [-0.2, -0.15) is 0 Å². The van der Waals surface area contributed by atoms with E-state index in [1.165, 1.54) is 9.09 Å². The second-order valence-corrected chi connectivity index (χ2v) is 12.6. The summed E-state index contributed by atoms with van der Waals surface area (Å²) in [5.74, 6) is -0.701. The van der Waals surface area contributed by atoms with Crippen LogP contribution in [0, 0.1) is 11.5 Å². The van der Waals surface area contributed by atoms with Crippen molar-refractivity contribution in [2.24, 2.45) is 5.73 Å². The van der Waals surface area contributed by atoms with Gasteiger partial charge in [0.05, 0.1) is 0 Å². The van der Waals surface area contributed by atoms with Crippen LogP contribution >= 0.6 is 11.8 Å². The maximum absolute atomic E-state index is 12.6. The van der Waals surface area contributed by atoms with Crippen LogP contribution in [-0.2, 0) is 14.8 Å². The number of nitrogens with zero attached hydrogens (tertiary/aromatic N) is 3. The predicted molar refractivity (Wildman–Crippen MR) is 88.7 cm³/mol. The van der Waals surface area contributed by atoms with Crippen molar-refractivity contribution >= 4 is 53.0 Å². The third-order valence-electron chi connectivity index (χ3n) is 3.03. The number of amides is 1. The van der Waals surface area contributed by atoms with Crippen LogP contribution in [0.3, 0.4) is 0 Å². The molecule has 0 saturated carbocycles. The number of rotatable bonds is 6. The number of piperazine rings is 1. The fourth-order valence-corrected chi connectivity index (χ4v) is 10.6. The van der Waals surface area contributed by atoms with Gasteiger partial charge < -0.3 is 0 Å². The Balaban J connectivity index is 2.20. The van der Waals surface area contributed by atoms with E-state index in [1.54, 1.807) is 5.01 Å². The van der Waals surface area contributed by atoms with Gasteiger partial charge in [0.15, 0.2) is 0 Å². The number of nitriles is 1. The number of nitrogens with two attached hydrogens (primary N) is 1. The molecule has 1 fully saturated rings. The molecule has 0 spiro atoms. The van der Waals surface area contributed by atoms with E-state index in [0.717, 1.165) is 11.8 Å². The van der Waals surface area contributed by atoms with Gasteiger partial charge in [-0.15, -0.1) is 0 Å². The molecule has 0 aromatic rings. The molecule has 0 aromatic carbocycles. The molecule has 0 aromatic heterocycles. The summed E-state index contributed by atoms with van der Waals surface area (Å²) in [6.07, 6.45) is 3.27. The van der Waals surface area contributed by atoms with E-state index in [2.05, 4.69) is 16.7 Å². The number of carbonyl (C=O) groups excluding carboxylic acids is 1. The summed E-state index contributed by atoms with van der Waals surface area (Å²) in [6.45, 7) is 6.01. The summed E-state index contributed by atoms with van der Waals surface area (Å²) in [5, 5.41) is 13.8. The summed E-state index contributed by atoms with van der Waals surface area (Å²) < 4.78 is 27.1. The van der Waals surface area contributed by atoms with Gasteiger partial charge in [-0.1, -0.05) is 0 Å².